The summed E-state index contributed by atoms with van der Waals surface area (Å²) in [5.41, 5.74) is -1.65. The Labute approximate surface area is 265 Å². The molecular weight excluding hydrogens is 584 g/mol. The van der Waals surface area contributed by atoms with Crippen LogP contribution in [0.15, 0.2) is 23.3 Å². The second kappa shape index (κ2) is 13.3. The van der Waals surface area contributed by atoms with E-state index in [1.807, 2.05) is 13.8 Å². The van der Waals surface area contributed by atoms with Crippen LogP contribution in [0.3, 0.4) is 0 Å². The third-order valence-corrected chi connectivity index (χ3v) is 10.9. The summed E-state index contributed by atoms with van der Waals surface area (Å²) in [4.78, 5) is 63.6. The summed E-state index contributed by atoms with van der Waals surface area (Å²) >= 11 is 0. The highest BCUT2D eigenvalue weighted by Crippen LogP contribution is 2.70. The molecule has 2 aliphatic heterocycles. The molecule has 0 aromatic carbocycles. The summed E-state index contributed by atoms with van der Waals surface area (Å²) in [6.07, 6.45) is 3.04. The molecule has 11 nitrogen and oxygen atoms in total. The average Bonchev–Trinajstić information content (AvgIpc) is 3.64. The van der Waals surface area contributed by atoms with Crippen LogP contribution in [0.5, 0.6) is 0 Å². The van der Waals surface area contributed by atoms with Gasteiger partial charge in [0.1, 0.15) is 37.1 Å². The predicted molar refractivity (Wildman–Crippen MR) is 160 cm³/mol. The van der Waals surface area contributed by atoms with Crippen LogP contribution in [-0.2, 0) is 52.4 Å². The van der Waals surface area contributed by atoms with Gasteiger partial charge in [0.05, 0.1) is 17.9 Å². The normalized spacial score (nSPS) is 35.3. The molecule has 0 aromatic rings. The molecule has 2 aliphatic carbocycles. The number of esters is 5. The standard InChI is InChI=1S/C34H48O11/c1-9-19(3)30(38)44-25-11-12-33(17-42-33)34(18-41-22(6)35)27(43-23(7)36)13-21(5)32(8,29(25)34)15-26(24-14-28(37)40-16-24)45-31(39)20(4)10-2/h9,14,20-21,25-27,29H,10-13,15-18H2,1-8H3/b19-9+/t20?,21-,25-,26+,27+,29-,32+,33+,34-/m1/s1. The Morgan fingerprint density at radius 2 is 1.82 bits per heavy atom. The molecular formula is C34H48O11. The van der Waals surface area contributed by atoms with E-state index in [9.17, 15) is 24.0 Å². The number of fused-ring (bicyclic) bond motifs is 2. The first-order valence-electron chi connectivity index (χ1n) is 16.0. The first-order valence-corrected chi connectivity index (χ1v) is 16.0. The molecule has 0 amide bonds. The second-order valence-corrected chi connectivity index (χ2v) is 13.5. The minimum atomic E-state index is -1.08. The van der Waals surface area contributed by atoms with E-state index in [0.717, 1.165) is 0 Å². The Balaban J connectivity index is 1.90. The van der Waals surface area contributed by atoms with Crippen LogP contribution in [0.25, 0.3) is 0 Å². The van der Waals surface area contributed by atoms with E-state index >= 15 is 0 Å². The minimum absolute atomic E-state index is 0.00692. The van der Waals surface area contributed by atoms with Crippen molar-refractivity contribution in [3.8, 4) is 0 Å². The van der Waals surface area contributed by atoms with Crippen molar-refractivity contribution in [1.82, 2.24) is 0 Å². The molecule has 2 heterocycles. The second-order valence-electron chi connectivity index (χ2n) is 13.5. The van der Waals surface area contributed by atoms with E-state index in [2.05, 4.69) is 6.92 Å². The van der Waals surface area contributed by atoms with E-state index in [-0.39, 0.29) is 31.5 Å². The zero-order valence-electron chi connectivity index (χ0n) is 27.8. The van der Waals surface area contributed by atoms with Crippen LogP contribution in [0.1, 0.15) is 87.5 Å². The molecule has 2 saturated carbocycles. The van der Waals surface area contributed by atoms with Crippen molar-refractivity contribution in [2.24, 2.45) is 28.6 Å². The van der Waals surface area contributed by atoms with Gasteiger partial charge in [-0.3, -0.25) is 14.4 Å². The van der Waals surface area contributed by atoms with Crippen LogP contribution < -0.4 is 0 Å². The topological polar surface area (TPSA) is 144 Å². The average molecular weight is 633 g/mol. The predicted octanol–water partition coefficient (Wildman–Crippen LogP) is 4.40. The fraction of sp³-hybridized carbons (Fsp3) is 0.735. The molecule has 1 unspecified atom stereocenters. The molecule has 4 aliphatic rings. The lowest BCUT2D eigenvalue weighted by Crippen LogP contribution is -2.71. The van der Waals surface area contributed by atoms with Gasteiger partial charge in [0.15, 0.2) is 0 Å². The SMILES string of the molecule is C/C=C(\C)C(=O)O[C@@H]1CC[C@]2(CO2)[C@]2(COC(C)=O)[C@@H](OC(C)=O)C[C@@H](C)[C@](C)(C[C@H](OC(=O)C(C)CC)C3=CC(=O)OC3)[C@@H]12. The molecule has 250 valence electrons. The maximum atomic E-state index is 13.3. The molecule has 11 heteroatoms. The van der Waals surface area contributed by atoms with Crippen LogP contribution >= 0.6 is 0 Å². The summed E-state index contributed by atoms with van der Waals surface area (Å²) in [6.45, 7) is 14.1. The minimum Gasteiger partial charge on any atom is -0.465 e. The van der Waals surface area contributed by atoms with Gasteiger partial charge in [-0.05, 0) is 57.3 Å². The van der Waals surface area contributed by atoms with E-state index < -0.39 is 70.5 Å². The third-order valence-electron chi connectivity index (χ3n) is 10.9. The van der Waals surface area contributed by atoms with Gasteiger partial charge in [-0.15, -0.1) is 0 Å². The molecule has 0 radical (unpaired) electrons. The van der Waals surface area contributed by atoms with Crippen molar-refractivity contribution in [3.05, 3.63) is 23.3 Å². The van der Waals surface area contributed by atoms with Crippen molar-refractivity contribution in [2.75, 3.05) is 19.8 Å². The quantitative estimate of drug-likeness (QED) is 0.138. The zero-order chi connectivity index (χ0) is 33.3. The van der Waals surface area contributed by atoms with Gasteiger partial charge in [0.25, 0.3) is 0 Å². The highest BCUT2D eigenvalue weighted by atomic mass is 16.6. The summed E-state index contributed by atoms with van der Waals surface area (Å²) in [5, 5.41) is 0. The fourth-order valence-electron chi connectivity index (χ4n) is 7.84. The molecule has 0 N–H and O–H groups in total. The van der Waals surface area contributed by atoms with Crippen molar-refractivity contribution in [2.45, 2.75) is 111 Å². The Hall–Kier alpha value is -3.21. The molecule has 0 bridgehead atoms. The van der Waals surface area contributed by atoms with Gasteiger partial charge in [-0.1, -0.05) is 33.8 Å². The summed E-state index contributed by atoms with van der Waals surface area (Å²) in [5.74, 6) is -3.46. The lowest BCUT2D eigenvalue weighted by molar-refractivity contribution is -0.258. The van der Waals surface area contributed by atoms with Crippen LogP contribution in [-0.4, -0.2) is 73.6 Å². The number of ether oxygens (including phenoxy) is 6. The van der Waals surface area contributed by atoms with Gasteiger partial charge >= 0.3 is 29.8 Å². The molecule has 9 atom stereocenters. The Morgan fingerprint density at radius 1 is 1.13 bits per heavy atom. The number of hydrogen-bond donors (Lipinski definition) is 0. The number of carbonyl (C=O) groups excluding carboxylic acids is 5. The van der Waals surface area contributed by atoms with Gasteiger partial charge in [-0.25, -0.2) is 9.59 Å². The monoisotopic (exact) mass is 632 g/mol. The van der Waals surface area contributed by atoms with Crippen LogP contribution in [0.2, 0.25) is 0 Å². The van der Waals surface area contributed by atoms with E-state index in [0.29, 0.717) is 43.4 Å². The Morgan fingerprint density at radius 3 is 2.36 bits per heavy atom. The van der Waals surface area contributed by atoms with Gasteiger partial charge < -0.3 is 28.4 Å². The number of rotatable bonds is 11. The number of allylic oxidation sites excluding steroid dienone is 1. The maximum Gasteiger partial charge on any atom is 0.333 e. The molecule has 0 aromatic heterocycles. The smallest absolute Gasteiger partial charge is 0.333 e. The number of hydrogen-bond acceptors (Lipinski definition) is 11. The summed E-state index contributed by atoms with van der Waals surface area (Å²) < 4.78 is 35.7. The van der Waals surface area contributed by atoms with E-state index in [4.69, 9.17) is 28.4 Å². The molecule has 1 saturated heterocycles. The van der Waals surface area contributed by atoms with Crippen molar-refractivity contribution in [3.63, 3.8) is 0 Å². The van der Waals surface area contributed by atoms with Crippen LogP contribution in [0.4, 0.5) is 0 Å². The maximum absolute atomic E-state index is 13.3. The first-order chi connectivity index (χ1) is 21.1. The summed E-state index contributed by atoms with van der Waals surface area (Å²) in [7, 11) is 0. The lowest BCUT2D eigenvalue weighted by Gasteiger charge is -2.64. The van der Waals surface area contributed by atoms with Gasteiger partial charge in [0, 0.05) is 37.0 Å². The third kappa shape index (κ3) is 6.55. The number of carbonyl (C=O) groups is 5. The highest BCUT2D eigenvalue weighted by molar-refractivity contribution is 5.88. The zero-order valence-corrected chi connectivity index (χ0v) is 27.8. The van der Waals surface area contributed by atoms with Gasteiger partial charge in [-0.2, -0.15) is 0 Å². The van der Waals surface area contributed by atoms with Crippen molar-refractivity contribution < 1.29 is 52.4 Å². The highest BCUT2D eigenvalue weighted by Gasteiger charge is 2.77. The fourth-order valence-corrected chi connectivity index (χ4v) is 7.84. The summed E-state index contributed by atoms with van der Waals surface area (Å²) in [6, 6.07) is 0. The van der Waals surface area contributed by atoms with Crippen molar-refractivity contribution >= 4 is 29.8 Å². The lowest BCUT2D eigenvalue weighted by atomic mass is 9.42. The Kier molecular flexibility index (Phi) is 10.2. The molecule has 45 heavy (non-hydrogen) atoms. The van der Waals surface area contributed by atoms with Crippen LogP contribution in [0, 0.1) is 28.6 Å². The first kappa shape index (κ1) is 34.7. The Bertz CT molecular complexity index is 1260. The molecule has 1 spiro atoms. The van der Waals surface area contributed by atoms with Crippen molar-refractivity contribution in [1.29, 1.82) is 0 Å². The van der Waals surface area contributed by atoms with E-state index in [1.165, 1.54) is 19.9 Å². The number of epoxide rings is 1. The largest absolute Gasteiger partial charge is 0.465 e. The van der Waals surface area contributed by atoms with E-state index in [1.54, 1.807) is 26.8 Å². The van der Waals surface area contributed by atoms with Gasteiger partial charge in [0.2, 0.25) is 0 Å². The number of cyclic esters (lactones) is 1. The molecule has 4 rings (SSSR count). The molecule has 3 fully saturated rings.